The number of rotatable bonds is 7. The van der Waals surface area contributed by atoms with Crippen molar-refractivity contribution in [3.63, 3.8) is 0 Å². The maximum Gasteiger partial charge on any atom is 0.122 e. The van der Waals surface area contributed by atoms with Gasteiger partial charge in [-0.15, -0.1) is 0 Å². The Balaban J connectivity index is 2.12. The molecule has 1 heterocycles. The summed E-state index contributed by atoms with van der Waals surface area (Å²) in [5.74, 6) is 2.12. The number of para-hydroxylation sites is 1. The van der Waals surface area contributed by atoms with Gasteiger partial charge in [0.15, 0.2) is 0 Å². The Bertz CT molecular complexity index is 433. The molecule has 1 N–H and O–H groups in total. The Labute approximate surface area is 129 Å². The molecule has 3 unspecified atom stereocenters. The van der Waals surface area contributed by atoms with Gasteiger partial charge in [0.05, 0.1) is 12.7 Å². The SMILES string of the molecule is CCOC(C(C)C)C(CC1CCOc2ccccc21)NC. The highest BCUT2D eigenvalue weighted by molar-refractivity contribution is 5.37. The van der Waals surface area contributed by atoms with Gasteiger partial charge in [-0.2, -0.15) is 0 Å². The smallest absolute Gasteiger partial charge is 0.122 e. The highest BCUT2D eigenvalue weighted by Gasteiger charge is 2.29. The molecule has 0 spiro atoms. The average molecular weight is 291 g/mol. The lowest BCUT2D eigenvalue weighted by molar-refractivity contribution is 0.000763. The van der Waals surface area contributed by atoms with E-state index in [0.29, 0.717) is 17.9 Å². The molecule has 3 heteroatoms. The van der Waals surface area contributed by atoms with Crippen molar-refractivity contribution < 1.29 is 9.47 Å². The number of hydrogen-bond donors (Lipinski definition) is 1. The first-order chi connectivity index (χ1) is 10.2. The summed E-state index contributed by atoms with van der Waals surface area (Å²) < 4.78 is 11.8. The molecule has 21 heavy (non-hydrogen) atoms. The minimum atomic E-state index is 0.259. The molecule has 2 rings (SSSR count). The zero-order chi connectivity index (χ0) is 15.2. The van der Waals surface area contributed by atoms with E-state index in [-0.39, 0.29) is 6.10 Å². The summed E-state index contributed by atoms with van der Waals surface area (Å²) in [5.41, 5.74) is 1.35. The molecule has 3 nitrogen and oxygen atoms in total. The van der Waals surface area contributed by atoms with E-state index in [0.717, 1.165) is 31.8 Å². The molecule has 3 atom stereocenters. The van der Waals surface area contributed by atoms with Crippen LogP contribution < -0.4 is 10.1 Å². The van der Waals surface area contributed by atoms with Crippen LogP contribution in [0.25, 0.3) is 0 Å². The zero-order valence-electron chi connectivity index (χ0n) is 13.8. The second-order valence-electron chi connectivity index (χ2n) is 6.17. The van der Waals surface area contributed by atoms with Crippen molar-refractivity contribution in [3.8, 4) is 5.75 Å². The molecule has 1 aliphatic heterocycles. The van der Waals surface area contributed by atoms with Crippen molar-refractivity contribution >= 4 is 0 Å². The molecular formula is C18H29NO2. The lowest BCUT2D eigenvalue weighted by Gasteiger charge is -2.34. The Hall–Kier alpha value is -1.06. The van der Waals surface area contributed by atoms with Crippen molar-refractivity contribution in [2.45, 2.75) is 51.7 Å². The highest BCUT2D eigenvalue weighted by Crippen LogP contribution is 2.37. The molecule has 0 saturated heterocycles. The first-order valence-corrected chi connectivity index (χ1v) is 8.18. The third-order valence-electron chi connectivity index (χ3n) is 4.40. The molecule has 0 aromatic heterocycles. The first kappa shape index (κ1) is 16.3. The largest absolute Gasteiger partial charge is 0.493 e. The topological polar surface area (TPSA) is 30.5 Å². The van der Waals surface area contributed by atoms with E-state index in [9.17, 15) is 0 Å². The van der Waals surface area contributed by atoms with Gasteiger partial charge in [0.2, 0.25) is 0 Å². The van der Waals surface area contributed by atoms with Gasteiger partial charge in [-0.3, -0.25) is 0 Å². The summed E-state index contributed by atoms with van der Waals surface area (Å²) in [6.45, 7) is 8.14. The normalized spacial score (nSPS) is 20.7. The summed E-state index contributed by atoms with van der Waals surface area (Å²) in [6.07, 6.45) is 2.45. The molecule has 0 amide bonds. The fourth-order valence-electron chi connectivity index (χ4n) is 3.35. The quantitative estimate of drug-likeness (QED) is 0.832. The van der Waals surface area contributed by atoms with Crippen LogP contribution in [-0.4, -0.2) is 32.4 Å². The highest BCUT2D eigenvalue weighted by atomic mass is 16.5. The Morgan fingerprint density at radius 3 is 2.76 bits per heavy atom. The van der Waals surface area contributed by atoms with Crippen molar-refractivity contribution in [2.24, 2.45) is 5.92 Å². The van der Waals surface area contributed by atoms with Gasteiger partial charge in [-0.05, 0) is 50.3 Å². The van der Waals surface area contributed by atoms with E-state index >= 15 is 0 Å². The van der Waals surface area contributed by atoms with Crippen molar-refractivity contribution in [1.29, 1.82) is 0 Å². The third-order valence-corrected chi connectivity index (χ3v) is 4.40. The Kier molecular flexibility index (Phi) is 6.07. The number of nitrogens with one attached hydrogen (secondary N) is 1. The summed E-state index contributed by atoms with van der Waals surface area (Å²) in [5, 5.41) is 3.48. The molecule has 1 aliphatic rings. The molecule has 118 valence electrons. The van der Waals surface area contributed by atoms with Crippen LogP contribution in [0, 0.1) is 5.92 Å². The molecular weight excluding hydrogens is 262 g/mol. The number of likely N-dealkylation sites (N-methyl/N-ethyl adjacent to an activating group) is 1. The molecule has 1 aromatic rings. The van der Waals surface area contributed by atoms with E-state index < -0.39 is 0 Å². The molecule has 0 saturated carbocycles. The maximum atomic E-state index is 5.99. The second kappa shape index (κ2) is 7.81. The fourth-order valence-corrected chi connectivity index (χ4v) is 3.35. The summed E-state index contributed by atoms with van der Waals surface area (Å²) in [4.78, 5) is 0. The minimum absolute atomic E-state index is 0.259. The van der Waals surface area contributed by atoms with Crippen LogP contribution in [0.1, 0.15) is 45.1 Å². The Morgan fingerprint density at radius 1 is 1.33 bits per heavy atom. The van der Waals surface area contributed by atoms with E-state index in [4.69, 9.17) is 9.47 Å². The van der Waals surface area contributed by atoms with Gasteiger partial charge in [-0.25, -0.2) is 0 Å². The molecule has 0 radical (unpaired) electrons. The zero-order valence-corrected chi connectivity index (χ0v) is 13.8. The van der Waals surface area contributed by atoms with Gasteiger partial charge >= 0.3 is 0 Å². The van der Waals surface area contributed by atoms with Crippen molar-refractivity contribution in [1.82, 2.24) is 5.32 Å². The minimum Gasteiger partial charge on any atom is -0.493 e. The van der Waals surface area contributed by atoms with Gasteiger partial charge in [0.1, 0.15) is 5.75 Å². The lowest BCUT2D eigenvalue weighted by atomic mass is 9.84. The van der Waals surface area contributed by atoms with Gasteiger partial charge in [-0.1, -0.05) is 32.0 Å². The Morgan fingerprint density at radius 2 is 2.10 bits per heavy atom. The van der Waals surface area contributed by atoms with E-state index in [2.05, 4.69) is 44.3 Å². The number of benzene rings is 1. The van der Waals surface area contributed by atoms with Crippen LogP contribution >= 0.6 is 0 Å². The van der Waals surface area contributed by atoms with Crippen LogP contribution in [0.5, 0.6) is 5.75 Å². The standard InChI is InChI=1S/C18H29NO2/c1-5-20-18(13(2)3)16(19-4)12-14-10-11-21-17-9-7-6-8-15(14)17/h6-9,13-14,16,18-19H,5,10-12H2,1-4H3. The first-order valence-electron chi connectivity index (χ1n) is 8.18. The van der Waals surface area contributed by atoms with Crippen molar-refractivity contribution in [3.05, 3.63) is 29.8 Å². The van der Waals surface area contributed by atoms with Crippen molar-refractivity contribution in [2.75, 3.05) is 20.3 Å². The lowest BCUT2D eigenvalue weighted by Crippen LogP contribution is -2.44. The summed E-state index contributed by atoms with van der Waals surface area (Å²) >= 11 is 0. The van der Waals surface area contributed by atoms with E-state index in [1.807, 2.05) is 13.1 Å². The van der Waals surface area contributed by atoms with Gasteiger partial charge in [0.25, 0.3) is 0 Å². The van der Waals surface area contributed by atoms with Crippen LogP contribution in [0.2, 0.25) is 0 Å². The number of hydrogen-bond acceptors (Lipinski definition) is 3. The fraction of sp³-hybridized carbons (Fsp3) is 0.667. The molecule has 0 aliphatic carbocycles. The predicted octanol–water partition coefficient (Wildman–Crippen LogP) is 3.59. The molecule has 0 bridgehead atoms. The van der Waals surface area contributed by atoms with Crippen LogP contribution in [-0.2, 0) is 4.74 Å². The van der Waals surface area contributed by atoms with E-state index in [1.165, 1.54) is 5.56 Å². The number of ether oxygens (including phenoxy) is 2. The van der Waals surface area contributed by atoms with E-state index in [1.54, 1.807) is 0 Å². The van der Waals surface area contributed by atoms with Crippen LogP contribution in [0.15, 0.2) is 24.3 Å². The van der Waals surface area contributed by atoms with Gasteiger partial charge in [0, 0.05) is 12.6 Å². The van der Waals surface area contributed by atoms with Crippen LogP contribution in [0.3, 0.4) is 0 Å². The maximum absolute atomic E-state index is 5.99. The van der Waals surface area contributed by atoms with Crippen LogP contribution in [0.4, 0.5) is 0 Å². The number of fused-ring (bicyclic) bond motifs is 1. The third kappa shape index (κ3) is 3.98. The second-order valence-corrected chi connectivity index (χ2v) is 6.17. The monoisotopic (exact) mass is 291 g/mol. The predicted molar refractivity (Wildman–Crippen MR) is 87.0 cm³/mol. The average Bonchev–Trinajstić information content (AvgIpc) is 2.50. The summed E-state index contributed by atoms with van der Waals surface area (Å²) in [6, 6.07) is 8.82. The molecule has 1 aromatic carbocycles. The summed E-state index contributed by atoms with van der Waals surface area (Å²) in [7, 11) is 2.05. The van der Waals surface area contributed by atoms with Gasteiger partial charge < -0.3 is 14.8 Å². The molecule has 0 fully saturated rings.